The van der Waals surface area contributed by atoms with Gasteiger partial charge in [0, 0.05) is 23.4 Å². The van der Waals surface area contributed by atoms with E-state index in [2.05, 4.69) is 25.8 Å². The number of methoxy groups -OCH3 is 1. The molecule has 1 atom stereocenters. The van der Waals surface area contributed by atoms with Gasteiger partial charge < -0.3 is 10.5 Å². The van der Waals surface area contributed by atoms with Gasteiger partial charge >= 0.3 is 0 Å². The fourth-order valence-corrected chi connectivity index (χ4v) is 1.52. The molecule has 16 heavy (non-hydrogen) atoms. The summed E-state index contributed by atoms with van der Waals surface area (Å²) in [5.41, 5.74) is 6.61. The van der Waals surface area contributed by atoms with E-state index in [0.29, 0.717) is 10.9 Å². The van der Waals surface area contributed by atoms with Crippen LogP contribution in [0.5, 0.6) is 5.75 Å². The molecule has 0 radical (unpaired) electrons. The standard InChI is InChI=1S/C12H19ClN2O/c1-11(2,3)12(4,14)8-7-15-10(13)6-9(8)16-5/h6-7H,14H2,1-5H3. The third kappa shape index (κ3) is 2.30. The maximum absolute atomic E-state index is 6.38. The van der Waals surface area contributed by atoms with E-state index >= 15 is 0 Å². The van der Waals surface area contributed by atoms with Gasteiger partial charge in [-0.05, 0) is 12.3 Å². The number of ether oxygens (including phenoxy) is 1. The summed E-state index contributed by atoms with van der Waals surface area (Å²) in [6, 6.07) is 1.69. The number of pyridine rings is 1. The van der Waals surface area contributed by atoms with Gasteiger partial charge in [-0.25, -0.2) is 4.98 Å². The highest BCUT2D eigenvalue weighted by Crippen LogP contribution is 2.40. The predicted molar refractivity (Wildman–Crippen MR) is 66.8 cm³/mol. The monoisotopic (exact) mass is 242 g/mol. The number of nitrogens with zero attached hydrogens (tertiary/aromatic N) is 1. The van der Waals surface area contributed by atoms with E-state index in [9.17, 15) is 0 Å². The van der Waals surface area contributed by atoms with Crippen LogP contribution in [0.4, 0.5) is 0 Å². The summed E-state index contributed by atoms with van der Waals surface area (Å²) < 4.78 is 5.30. The molecule has 0 amide bonds. The van der Waals surface area contributed by atoms with Gasteiger partial charge in [-0.2, -0.15) is 0 Å². The second kappa shape index (κ2) is 4.22. The van der Waals surface area contributed by atoms with E-state index in [1.807, 2.05) is 6.92 Å². The number of halogens is 1. The molecule has 0 saturated carbocycles. The Kier molecular flexibility index (Phi) is 3.50. The molecule has 0 fully saturated rings. The van der Waals surface area contributed by atoms with Crippen LogP contribution in [-0.4, -0.2) is 12.1 Å². The van der Waals surface area contributed by atoms with Crippen molar-refractivity contribution >= 4 is 11.6 Å². The molecule has 0 spiro atoms. The Labute approximate surface area is 102 Å². The summed E-state index contributed by atoms with van der Waals surface area (Å²) in [5, 5.41) is 0.408. The van der Waals surface area contributed by atoms with Gasteiger partial charge in [0.05, 0.1) is 7.11 Å². The summed E-state index contributed by atoms with van der Waals surface area (Å²) in [6.07, 6.45) is 1.69. The van der Waals surface area contributed by atoms with E-state index in [0.717, 1.165) is 5.56 Å². The Hall–Kier alpha value is -0.800. The highest BCUT2D eigenvalue weighted by Gasteiger charge is 2.37. The van der Waals surface area contributed by atoms with Crippen LogP contribution in [-0.2, 0) is 5.54 Å². The highest BCUT2D eigenvalue weighted by atomic mass is 35.5. The number of aromatic nitrogens is 1. The van der Waals surface area contributed by atoms with E-state index in [1.165, 1.54) is 0 Å². The third-order valence-electron chi connectivity index (χ3n) is 3.17. The Morgan fingerprint density at radius 2 is 1.88 bits per heavy atom. The Balaban J connectivity index is 3.33. The Morgan fingerprint density at radius 3 is 2.31 bits per heavy atom. The average Bonchev–Trinajstić information content (AvgIpc) is 2.15. The zero-order valence-corrected chi connectivity index (χ0v) is 11.2. The zero-order valence-electron chi connectivity index (χ0n) is 10.5. The number of nitrogens with two attached hydrogens (primary N) is 1. The van der Waals surface area contributed by atoms with Gasteiger partial charge in [-0.15, -0.1) is 0 Å². The highest BCUT2D eigenvalue weighted by molar-refractivity contribution is 6.29. The van der Waals surface area contributed by atoms with Gasteiger partial charge in [-0.3, -0.25) is 0 Å². The quantitative estimate of drug-likeness (QED) is 0.812. The molecule has 0 aromatic carbocycles. The molecule has 3 nitrogen and oxygen atoms in total. The lowest BCUT2D eigenvalue weighted by Crippen LogP contribution is -2.45. The van der Waals surface area contributed by atoms with Crippen molar-refractivity contribution < 1.29 is 4.74 Å². The molecule has 0 aliphatic carbocycles. The summed E-state index contributed by atoms with van der Waals surface area (Å²) in [5.74, 6) is 0.680. The first-order chi connectivity index (χ1) is 7.20. The molecule has 1 aromatic rings. The van der Waals surface area contributed by atoms with Crippen molar-refractivity contribution in [2.75, 3.05) is 7.11 Å². The average molecular weight is 243 g/mol. The van der Waals surface area contributed by atoms with Crippen molar-refractivity contribution in [2.45, 2.75) is 33.2 Å². The van der Waals surface area contributed by atoms with E-state index in [-0.39, 0.29) is 5.41 Å². The molecule has 0 aliphatic rings. The van der Waals surface area contributed by atoms with Gasteiger partial charge in [0.15, 0.2) is 0 Å². The molecule has 4 heteroatoms. The Morgan fingerprint density at radius 1 is 1.31 bits per heavy atom. The van der Waals surface area contributed by atoms with Gasteiger partial charge in [0.2, 0.25) is 0 Å². The maximum atomic E-state index is 6.38. The number of hydrogen-bond donors (Lipinski definition) is 1. The largest absolute Gasteiger partial charge is 0.496 e. The van der Waals surface area contributed by atoms with Crippen molar-refractivity contribution in [2.24, 2.45) is 11.1 Å². The first-order valence-electron chi connectivity index (χ1n) is 5.19. The molecule has 1 heterocycles. The second-order valence-corrected chi connectivity index (χ2v) is 5.55. The molecule has 1 aromatic heterocycles. The van der Waals surface area contributed by atoms with Crippen LogP contribution in [0.2, 0.25) is 5.15 Å². The van der Waals surface area contributed by atoms with Crippen LogP contribution in [0.15, 0.2) is 12.3 Å². The molecule has 0 bridgehead atoms. The van der Waals surface area contributed by atoms with Crippen molar-refractivity contribution in [3.05, 3.63) is 23.0 Å². The van der Waals surface area contributed by atoms with Crippen molar-refractivity contribution in [3.63, 3.8) is 0 Å². The Bertz CT molecular complexity index is 383. The van der Waals surface area contributed by atoms with E-state index in [1.54, 1.807) is 19.4 Å². The van der Waals surface area contributed by atoms with Gasteiger partial charge in [-0.1, -0.05) is 32.4 Å². The van der Waals surface area contributed by atoms with Crippen molar-refractivity contribution in [1.29, 1.82) is 0 Å². The first kappa shape index (κ1) is 13.3. The second-order valence-electron chi connectivity index (χ2n) is 5.16. The lowest BCUT2D eigenvalue weighted by molar-refractivity contribution is 0.204. The molecule has 90 valence electrons. The lowest BCUT2D eigenvalue weighted by atomic mass is 9.71. The topological polar surface area (TPSA) is 48.1 Å². The van der Waals surface area contributed by atoms with Crippen molar-refractivity contribution in [1.82, 2.24) is 4.98 Å². The summed E-state index contributed by atoms with van der Waals surface area (Å²) in [6.45, 7) is 8.23. The van der Waals surface area contributed by atoms with Crippen LogP contribution in [0.25, 0.3) is 0 Å². The fourth-order valence-electron chi connectivity index (χ4n) is 1.38. The van der Waals surface area contributed by atoms with Gasteiger partial charge in [0.25, 0.3) is 0 Å². The zero-order chi connectivity index (χ0) is 12.6. The molecular weight excluding hydrogens is 224 g/mol. The van der Waals surface area contributed by atoms with Crippen LogP contribution < -0.4 is 10.5 Å². The minimum absolute atomic E-state index is 0.101. The summed E-state index contributed by atoms with van der Waals surface area (Å²) in [4.78, 5) is 4.07. The molecule has 0 saturated heterocycles. The van der Waals surface area contributed by atoms with Crippen LogP contribution in [0, 0.1) is 5.41 Å². The van der Waals surface area contributed by atoms with E-state index < -0.39 is 5.54 Å². The van der Waals surface area contributed by atoms with Crippen LogP contribution in [0.3, 0.4) is 0 Å². The number of hydrogen-bond acceptors (Lipinski definition) is 3. The smallest absolute Gasteiger partial charge is 0.132 e. The summed E-state index contributed by atoms with van der Waals surface area (Å²) >= 11 is 5.83. The minimum atomic E-state index is -0.532. The van der Waals surface area contributed by atoms with Crippen molar-refractivity contribution in [3.8, 4) is 5.75 Å². The SMILES string of the molecule is COc1cc(Cl)ncc1C(C)(N)C(C)(C)C. The maximum Gasteiger partial charge on any atom is 0.132 e. The molecule has 2 N–H and O–H groups in total. The third-order valence-corrected chi connectivity index (χ3v) is 3.38. The molecule has 1 unspecified atom stereocenters. The summed E-state index contributed by atoms with van der Waals surface area (Å²) in [7, 11) is 1.61. The van der Waals surface area contributed by atoms with Crippen LogP contribution in [0.1, 0.15) is 33.3 Å². The predicted octanol–water partition coefficient (Wildman–Crippen LogP) is 2.96. The lowest BCUT2D eigenvalue weighted by Gasteiger charge is -2.39. The molecule has 1 rings (SSSR count). The molecule has 0 aliphatic heterocycles. The molecular formula is C12H19ClN2O. The van der Waals surface area contributed by atoms with E-state index in [4.69, 9.17) is 22.1 Å². The normalized spacial score (nSPS) is 15.7. The van der Waals surface area contributed by atoms with Gasteiger partial charge in [0.1, 0.15) is 10.9 Å². The van der Waals surface area contributed by atoms with Crippen LogP contribution >= 0.6 is 11.6 Å². The first-order valence-corrected chi connectivity index (χ1v) is 5.57. The fraction of sp³-hybridized carbons (Fsp3) is 0.583. The minimum Gasteiger partial charge on any atom is -0.496 e. The number of rotatable bonds is 2.